The van der Waals surface area contributed by atoms with Crippen molar-refractivity contribution in [2.75, 3.05) is 18.1 Å². The van der Waals surface area contributed by atoms with Gasteiger partial charge in [0.15, 0.2) is 0 Å². The van der Waals surface area contributed by atoms with Crippen LogP contribution in [0.2, 0.25) is 0 Å². The van der Waals surface area contributed by atoms with Crippen molar-refractivity contribution in [3.63, 3.8) is 0 Å². The first-order valence-electron chi connectivity index (χ1n) is 3.55. The van der Waals surface area contributed by atoms with Gasteiger partial charge in [-0.2, -0.15) is 11.8 Å². The second kappa shape index (κ2) is 2.93. The topological polar surface area (TPSA) is 26.0 Å². The number of hydrogen-bond donors (Lipinski definition) is 1. The minimum atomic E-state index is 0.461. The van der Waals surface area contributed by atoms with Crippen molar-refractivity contribution in [3.05, 3.63) is 0 Å². The van der Waals surface area contributed by atoms with Crippen LogP contribution in [0.1, 0.15) is 19.8 Å². The number of rotatable bonds is 1. The first kappa shape index (κ1) is 7.42. The van der Waals surface area contributed by atoms with Crippen molar-refractivity contribution in [2.24, 2.45) is 11.1 Å². The number of hydrogen-bond acceptors (Lipinski definition) is 2. The minimum absolute atomic E-state index is 0.461. The molecule has 9 heavy (non-hydrogen) atoms. The highest BCUT2D eigenvalue weighted by Gasteiger charge is 2.24. The Labute approximate surface area is 61.4 Å². The van der Waals surface area contributed by atoms with Gasteiger partial charge in [-0.1, -0.05) is 6.92 Å². The molecule has 0 aromatic heterocycles. The van der Waals surface area contributed by atoms with Crippen LogP contribution >= 0.6 is 11.8 Å². The van der Waals surface area contributed by atoms with Crippen LogP contribution in [0.15, 0.2) is 0 Å². The molecule has 0 saturated carbocycles. The maximum absolute atomic E-state index is 5.62. The molecule has 0 aromatic rings. The molecule has 1 fully saturated rings. The van der Waals surface area contributed by atoms with Gasteiger partial charge in [-0.05, 0) is 36.3 Å². The molecule has 0 radical (unpaired) electrons. The molecule has 1 heterocycles. The Hall–Kier alpha value is 0.310. The Bertz CT molecular complexity index is 86.9. The van der Waals surface area contributed by atoms with Crippen molar-refractivity contribution >= 4 is 11.8 Å². The molecule has 0 amide bonds. The highest BCUT2D eigenvalue weighted by Crippen LogP contribution is 2.32. The molecular formula is C7H15NS. The fourth-order valence-electron chi connectivity index (χ4n) is 1.15. The van der Waals surface area contributed by atoms with Crippen LogP contribution in [-0.2, 0) is 0 Å². The molecule has 2 heteroatoms. The first-order chi connectivity index (χ1) is 4.27. The second-order valence-electron chi connectivity index (χ2n) is 3.17. The summed E-state index contributed by atoms with van der Waals surface area (Å²) in [5.41, 5.74) is 6.09. The van der Waals surface area contributed by atoms with E-state index < -0.39 is 0 Å². The largest absolute Gasteiger partial charge is 0.330 e. The fourth-order valence-corrected chi connectivity index (χ4v) is 2.40. The van der Waals surface area contributed by atoms with Crippen molar-refractivity contribution in [1.82, 2.24) is 0 Å². The minimum Gasteiger partial charge on any atom is -0.330 e. The van der Waals surface area contributed by atoms with Gasteiger partial charge in [-0.3, -0.25) is 0 Å². The van der Waals surface area contributed by atoms with Crippen LogP contribution in [-0.4, -0.2) is 18.1 Å². The van der Waals surface area contributed by atoms with Gasteiger partial charge in [-0.25, -0.2) is 0 Å². The average Bonchev–Trinajstić information content (AvgIpc) is 1.90. The maximum Gasteiger partial charge on any atom is -0.000138 e. The lowest BCUT2D eigenvalue weighted by Gasteiger charge is -2.31. The van der Waals surface area contributed by atoms with Gasteiger partial charge in [0.1, 0.15) is 0 Å². The molecule has 1 atom stereocenters. The van der Waals surface area contributed by atoms with Crippen LogP contribution < -0.4 is 5.73 Å². The van der Waals surface area contributed by atoms with E-state index in [-0.39, 0.29) is 0 Å². The zero-order chi connectivity index (χ0) is 6.74. The predicted octanol–water partition coefficient (Wildman–Crippen LogP) is 1.48. The van der Waals surface area contributed by atoms with Crippen LogP contribution in [0, 0.1) is 5.41 Å². The monoisotopic (exact) mass is 145 g/mol. The number of nitrogens with two attached hydrogens (primary N) is 1. The summed E-state index contributed by atoms with van der Waals surface area (Å²) in [5.74, 6) is 2.61. The van der Waals surface area contributed by atoms with Gasteiger partial charge < -0.3 is 5.73 Å². The van der Waals surface area contributed by atoms with E-state index in [1.807, 2.05) is 11.8 Å². The molecule has 1 unspecified atom stereocenters. The Morgan fingerprint density at radius 1 is 1.67 bits per heavy atom. The van der Waals surface area contributed by atoms with E-state index in [1.165, 1.54) is 24.3 Å². The number of thioether (sulfide) groups is 1. The standard InChI is InChI=1S/C7H15NS/c1-7(5-8)3-2-4-9-6-7/h2-6,8H2,1H3. The lowest BCUT2D eigenvalue weighted by Crippen LogP contribution is -2.32. The second-order valence-corrected chi connectivity index (χ2v) is 4.28. The summed E-state index contributed by atoms with van der Waals surface area (Å²) in [7, 11) is 0. The maximum atomic E-state index is 5.62. The Balaban J connectivity index is 2.37. The summed E-state index contributed by atoms with van der Waals surface area (Å²) < 4.78 is 0. The molecule has 0 bridgehead atoms. The van der Waals surface area contributed by atoms with E-state index in [0.717, 1.165) is 6.54 Å². The molecule has 1 aliphatic rings. The molecule has 2 N–H and O–H groups in total. The molecular weight excluding hydrogens is 130 g/mol. The zero-order valence-electron chi connectivity index (χ0n) is 6.02. The third-order valence-corrected chi connectivity index (χ3v) is 3.49. The molecule has 0 spiro atoms. The van der Waals surface area contributed by atoms with E-state index in [0.29, 0.717) is 5.41 Å². The average molecular weight is 145 g/mol. The van der Waals surface area contributed by atoms with Gasteiger partial charge >= 0.3 is 0 Å². The molecule has 1 nitrogen and oxygen atoms in total. The van der Waals surface area contributed by atoms with Crippen LogP contribution in [0.25, 0.3) is 0 Å². The van der Waals surface area contributed by atoms with Crippen molar-refractivity contribution in [3.8, 4) is 0 Å². The highest BCUT2D eigenvalue weighted by molar-refractivity contribution is 7.99. The Morgan fingerprint density at radius 3 is 2.78 bits per heavy atom. The third-order valence-electron chi connectivity index (χ3n) is 2.01. The Kier molecular flexibility index (Phi) is 2.42. The van der Waals surface area contributed by atoms with E-state index >= 15 is 0 Å². The van der Waals surface area contributed by atoms with E-state index in [2.05, 4.69) is 6.92 Å². The predicted molar refractivity (Wildman–Crippen MR) is 43.7 cm³/mol. The quantitative estimate of drug-likeness (QED) is 0.605. The van der Waals surface area contributed by atoms with Gasteiger partial charge in [-0.15, -0.1) is 0 Å². The van der Waals surface area contributed by atoms with Crippen molar-refractivity contribution < 1.29 is 0 Å². The smallest absolute Gasteiger partial charge is 0.000138 e. The van der Waals surface area contributed by atoms with Gasteiger partial charge in [0.2, 0.25) is 0 Å². The van der Waals surface area contributed by atoms with Gasteiger partial charge in [0.05, 0.1) is 0 Å². The molecule has 1 saturated heterocycles. The SMILES string of the molecule is CC1(CN)CCCSC1. The molecule has 0 aliphatic carbocycles. The van der Waals surface area contributed by atoms with E-state index in [1.54, 1.807) is 0 Å². The Morgan fingerprint density at radius 2 is 2.44 bits per heavy atom. The van der Waals surface area contributed by atoms with Gasteiger partial charge in [0, 0.05) is 0 Å². The molecule has 1 aliphatic heterocycles. The van der Waals surface area contributed by atoms with Gasteiger partial charge in [0.25, 0.3) is 0 Å². The molecule has 1 rings (SSSR count). The van der Waals surface area contributed by atoms with Crippen LogP contribution in [0.5, 0.6) is 0 Å². The normalized spacial score (nSPS) is 36.7. The van der Waals surface area contributed by atoms with E-state index in [4.69, 9.17) is 5.73 Å². The summed E-state index contributed by atoms with van der Waals surface area (Å²) in [5, 5.41) is 0. The highest BCUT2D eigenvalue weighted by atomic mass is 32.2. The lowest BCUT2D eigenvalue weighted by molar-refractivity contribution is 0.345. The summed E-state index contributed by atoms with van der Waals surface area (Å²) >= 11 is 2.05. The molecule has 54 valence electrons. The zero-order valence-corrected chi connectivity index (χ0v) is 6.84. The summed E-state index contributed by atoms with van der Waals surface area (Å²) in [4.78, 5) is 0. The summed E-state index contributed by atoms with van der Waals surface area (Å²) in [6.45, 7) is 3.15. The van der Waals surface area contributed by atoms with E-state index in [9.17, 15) is 0 Å². The third kappa shape index (κ3) is 1.87. The summed E-state index contributed by atoms with van der Waals surface area (Å²) in [6.07, 6.45) is 2.69. The lowest BCUT2D eigenvalue weighted by atomic mass is 9.88. The van der Waals surface area contributed by atoms with Crippen LogP contribution in [0.3, 0.4) is 0 Å². The van der Waals surface area contributed by atoms with Crippen molar-refractivity contribution in [1.29, 1.82) is 0 Å². The fraction of sp³-hybridized carbons (Fsp3) is 1.00. The molecule has 0 aromatic carbocycles. The van der Waals surface area contributed by atoms with Crippen molar-refractivity contribution in [2.45, 2.75) is 19.8 Å². The first-order valence-corrected chi connectivity index (χ1v) is 4.70. The summed E-state index contributed by atoms with van der Waals surface area (Å²) in [6, 6.07) is 0. The van der Waals surface area contributed by atoms with Crippen LogP contribution in [0.4, 0.5) is 0 Å².